The van der Waals surface area contributed by atoms with Gasteiger partial charge >= 0.3 is 6.61 Å². The molecule has 0 aromatic heterocycles. The molecule has 0 saturated heterocycles. The molecule has 0 heterocycles. The monoisotopic (exact) mass is 299 g/mol. The number of rotatable bonds is 8. The van der Waals surface area contributed by atoms with Gasteiger partial charge in [0.2, 0.25) is 5.91 Å². The van der Waals surface area contributed by atoms with Crippen molar-refractivity contribution < 1.29 is 18.3 Å². The molecule has 5 heteroatoms. The van der Waals surface area contributed by atoms with Crippen LogP contribution in [0.4, 0.5) is 8.78 Å². The van der Waals surface area contributed by atoms with E-state index < -0.39 is 6.61 Å². The molecular weight excluding hydrogens is 276 g/mol. The summed E-state index contributed by atoms with van der Waals surface area (Å²) in [6.45, 7) is 3.45. The molecule has 0 bridgehead atoms. The van der Waals surface area contributed by atoms with E-state index >= 15 is 0 Å². The highest BCUT2D eigenvalue weighted by molar-refractivity contribution is 5.78. The third kappa shape index (κ3) is 7.63. The fourth-order valence-corrected chi connectivity index (χ4v) is 1.96. The second kappa shape index (κ2) is 8.60. The quantitative estimate of drug-likeness (QED) is 0.793. The van der Waals surface area contributed by atoms with E-state index in [1.807, 2.05) is 6.92 Å². The number of halogens is 2. The maximum absolute atomic E-state index is 12.0. The minimum Gasteiger partial charge on any atom is -0.435 e. The van der Waals surface area contributed by atoms with Gasteiger partial charge in [0, 0.05) is 6.04 Å². The van der Waals surface area contributed by atoms with Gasteiger partial charge in [0.25, 0.3) is 0 Å². The summed E-state index contributed by atoms with van der Waals surface area (Å²) in [7, 11) is 0. The van der Waals surface area contributed by atoms with E-state index in [2.05, 4.69) is 23.9 Å². The van der Waals surface area contributed by atoms with Gasteiger partial charge in [-0.15, -0.1) is 0 Å². The average Bonchev–Trinajstić information content (AvgIpc) is 2.38. The van der Waals surface area contributed by atoms with Crippen LogP contribution < -0.4 is 10.1 Å². The van der Waals surface area contributed by atoms with E-state index in [0.717, 1.165) is 18.4 Å². The maximum atomic E-state index is 12.0. The molecule has 0 aliphatic rings. The van der Waals surface area contributed by atoms with Gasteiger partial charge in [0.05, 0.1) is 6.42 Å². The van der Waals surface area contributed by atoms with Crippen LogP contribution in [0.1, 0.15) is 39.2 Å². The molecule has 0 radical (unpaired) electrons. The Hall–Kier alpha value is -1.65. The van der Waals surface area contributed by atoms with Crippen LogP contribution in [0.3, 0.4) is 0 Å². The van der Waals surface area contributed by atoms with Gasteiger partial charge in [-0.05, 0) is 43.4 Å². The Morgan fingerprint density at radius 1 is 1.14 bits per heavy atom. The maximum Gasteiger partial charge on any atom is 0.387 e. The minimum absolute atomic E-state index is 0.0613. The van der Waals surface area contributed by atoms with E-state index in [1.54, 1.807) is 12.1 Å². The molecular formula is C16H23F2NO2. The highest BCUT2D eigenvalue weighted by atomic mass is 19.3. The van der Waals surface area contributed by atoms with Crippen molar-refractivity contribution in [3.8, 4) is 5.75 Å². The predicted octanol–water partition coefficient (Wildman–Crippen LogP) is 3.77. The summed E-state index contributed by atoms with van der Waals surface area (Å²) < 4.78 is 28.3. The molecule has 3 nitrogen and oxygen atoms in total. The SMILES string of the molecule is CC(C)CCC(C)NC(=O)Cc1ccc(OC(F)F)cc1. The fraction of sp³-hybridized carbons (Fsp3) is 0.562. The van der Waals surface area contributed by atoms with Crippen molar-refractivity contribution in [2.75, 3.05) is 0 Å². The van der Waals surface area contributed by atoms with E-state index in [9.17, 15) is 13.6 Å². The number of nitrogens with one attached hydrogen (secondary N) is 1. The van der Waals surface area contributed by atoms with Crippen molar-refractivity contribution in [1.29, 1.82) is 0 Å². The van der Waals surface area contributed by atoms with Gasteiger partial charge in [-0.3, -0.25) is 4.79 Å². The van der Waals surface area contributed by atoms with E-state index in [1.165, 1.54) is 12.1 Å². The predicted molar refractivity (Wildman–Crippen MR) is 78.5 cm³/mol. The zero-order valence-electron chi connectivity index (χ0n) is 12.7. The molecule has 0 fully saturated rings. The summed E-state index contributed by atoms with van der Waals surface area (Å²) in [6.07, 6.45) is 2.26. The van der Waals surface area contributed by atoms with E-state index in [0.29, 0.717) is 5.92 Å². The molecule has 1 amide bonds. The Morgan fingerprint density at radius 2 is 1.76 bits per heavy atom. The van der Waals surface area contributed by atoms with Crippen LogP contribution in [0.15, 0.2) is 24.3 Å². The lowest BCUT2D eigenvalue weighted by atomic mass is 10.0. The van der Waals surface area contributed by atoms with Gasteiger partial charge in [0.1, 0.15) is 5.75 Å². The Morgan fingerprint density at radius 3 is 2.29 bits per heavy atom. The highest BCUT2D eigenvalue weighted by Gasteiger charge is 2.09. The smallest absolute Gasteiger partial charge is 0.387 e. The first-order valence-corrected chi connectivity index (χ1v) is 7.20. The fourth-order valence-electron chi connectivity index (χ4n) is 1.96. The van der Waals surface area contributed by atoms with Crippen LogP contribution in [0.25, 0.3) is 0 Å². The van der Waals surface area contributed by atoms with Crippen LogP contribution in [-0.4, -0.2) is 18.6 Å². The zero-order chi connectivity index (χ0) is 15.8. The topological polar surface area (TPSA) is 38.3 Å². The van der Waals surface area contributed by atoms with Crippen LogP contribution in [0, 0.1) is 5.92 Å². The molecule has 118 valence electrons. The number of ether oxygens (including phenoxy) is 1. The standard InChI is InChI=1S/C16H23F2NO2/c1-11(2)4-5-12(3)19-15(20)10-13-6-8-14(9-7-13)21-16(17)18/h6-9,11-12,16H,4-5,10H2,1-3H3,(H,19,20). The minimum atomic E-state index is -2.83. The molecule has 1 aromatic rings. The normalized spacial score (nSPS) is 12.5. The summed E-state index contributed by atoms with van der Waals surface area (Å²) in [5, 5.41) is 2.94. The first-order valence-electron chi connectivity index (χ1n) is 7.20. The number of hydrogen-bond donors (Lipinski definition) is 1. The Bertz CT molecular complexity index is 432. The molecule has 1 atom stereocenters. The number of carbonyl (C=O) groups excluding carboxylic acids is 1. The lowest BCUT2D eigenvalue weighted by Crippen LogP contribution is -2.33. The average molecular weight is 299 g/mol. The van der Waals surface area contributed by atoms with Crippen molar-refractivity contribution in [3.63, 3.8) is 0 Å². The molecule has 0 aliphatic carbocycles. The summed E-state index contributed by atoms with van der Waals surface area (Å²) >= 11 is 0. The lowest BCUT2D eigenvalue weighted by molar-refractivity contribution is -0.121. The van der Waals surface area contributed by atoms with E-state index in [4.69, 9.17) is 0 Å². The number of alkyl halides is 2. The largest absolute Gasteiger partial charge is 0.435 e. The van der Waals surface area contributed by atoms with Crippen LogP contribution in [0.5, 0.6) is 5.75 Å². The number of carbonyl (C=O) groups is 1. The van der Waals surface area contributed by atoms with Crippen LogP contribution in [-0.2, 0) is 11.2 Å². The molecule has 21 heavy (non-hydrogen) atoms. The molecule has 0 spiro atoms. The van der Waals surface area contributed by atoms with E-state index in [-0.39, 0.29) is 24.1 Å². The van der Waals surface area contributed by atoms with Crippen LogP contribution >= 0.6 is 0 Å². The molecule has 1 N–H and O–H groups in total. The Kier molecular flexibility index (Phi) is 7.12. The number of amides is 1. The van der Waals surface area contributed by atoms with Crippen molar-refractivity contribution in [2.45, 2.75) is 52.7 Å². The van der Waals surface area contributed by atoms with Crippen LogP contribution in [0.2, 0.25) is 0 Å². The van der Waals surface area contributed by atoms with Crippen molar-refractivity contribution >= 4 is 5.91 Å². The summed E-state index contributed by atoms with van der Waals surface area (Å²) in [5.41, 5.74) is 0.769. The van der Waals surface area contributed by atoms with Gasteiger partial charge in [-0.25, -0.2) is 0 Å². The zero-order valence-corrected chi connectivity index (χ0v) is 12.7. The summed E-state index contributed by atoms with van der Waals surface area (Å²) in [6, 6.07) is 6.27. The third-order valence-electron chi connectivity index (χ3n) is 3.10. The third-order valence-corrected chi connectivity index (χ3v) is 3.10. The molecule has 0 saturated carbocycles. The summed E-state index contributed by atoms with van der Waals surface area (Å²) in [5.74, 6) is 0.653. The van der Waals surface area contributed by atoms with Crippen molar-refractivity contribution in [3.05, 3.63) is 29.8 Å². The second-order valence-corrected chi connectivity index (χ2v) is 5.64. The molecule has 1 rings (SSSR count). The van der Waals surface area contributed by atoms with Gasteiger partial charge < -0.3 is 10.1 Å². The van der Waals surface area contributed by atoms with Gasteiger partial charge in [0.15, 0.2) is 0 Å². The first-order chi connectivity index (χ1) is 9.86. The Balaban J connectivity index is 2.40. The molecule has 0 aliphatic heterocycles. The van der Waals surface area contributed by atoms with Gasteiger partial charge in [-0.2, -0.15) is 8.78 Å². The lowest BCUT2D eigenvalue weighted by Gasteiger charge is -2.15. The number of hydrogen-bond acceptors (Lipinski definition) is 2. The highest BCUT2D eigenvalue weighted by Crippen LogP contribution is 2.15. The van der Waals surface area contributed by atoms with Crippen molar-refractivity contribution in [1.82, 2.24) is 5.32 Å². The summed E-state index contributed by atoms with van der Waals surface area (Å²) in [4.78, 5) is 11.9. The van der Waals surface area contributed by atoms with Crippen molar-refractivity contribution in [2.24, 2.45) is 5.92 Å². The first kappa shape index (κ1) is 17.4. The second-order valence-electron chi connectivity index (χ2n) is 5.64. The number of benzene rings is 1. The van der Waals surface area contributed by atoms with Gasteiger partial charge in [-0.1, -0.05) is 26.0 Å². The Labute approximate surface area is 124 Å². The molecule has 1 unspecified atom stereocenters. The molecule has 1 aromatic carbocycles.